The van der Waals surface area contributed by atoms with E-state index in [0.717, 1.165) is 0 Å². The van der Waals surface area contributed by atoms with E-state index in [1.807, 2.05) is 0 Å². The van der Waals surface area contributed by atoms with Crippen molar-refractivity contribution in [3.8, 4) is 11.5 Å². The normalized spacial score (nSPS) is 11.3. The molecule has 1 amide bonds. The maximum atomic E-state index is 12.5. The Morgan fingerprint density at radius 1 is 1.00 bits per heavy atom. The molecule has 0 radical (unpaired) electrons. The summed E-state index contributed by atoms with van der Waals surface area (Å²) < 4.78 is 34.5. The first-order chi connectivity index (χ1) is 14.2. The zero-order valence-corrected chi connectivity index (χ0v) is 17.3. The predicted octanol–water partition coefficient (Wildman–Crippen LogP) is 2.96. The van der Waals surface area contributed by atoms with Crippen LogP contribution in [-0.4, -0.2) is 42.9 Å². The second-order valence-corrected chi connectivity index (χ2v) is 9.03. The Morgan fingerprint density at radius 2 is 1.63 bits per heavy atom. The van der Waals surface area contributed by atoms with Gasteiger partial charge in [-0.2, -0.15) is 0 Å². The smallest absolute Gasteiger partial charge is 0.338 e. The molecular formula is C20H19N3O6S. The minimum Gasteiger partial charge on any atom is -0.465 e. The molecule has 0 unspecified atom stereocenters. The first-order valence-corrected chi connectivity index (χ1v) is 10.4. The molecule has 0 aliphatic carbocycles. The van der Waals surface area contributed by atoms with Crippen molar-refractivity contribution in [1.82, 2.24) is 10.2 Å². The Balaban J connectivity index is 1.79. The maximum absolute atomic E-state index is 12.5. The molecule has 1 heterocycles. The SMILES string of the molecule is COC(=O)c1ccccc1C(=O)Nc1nnc(-c2ccc(S(=O)(=O)C(C)C)cc2)o1. The van der Waals surface area contributed by atoms with Crippen LogP contribution >= 0.6 is 0 Å². The lowest BCUT2D eigenvalue weighted by Gasteiger charge is -2.07. The summed E-state index contributed by atoms with van der Waals surface area (Å²) in [7, 11) is -2.17. The van der Waals surface area contributed by atoms with Gasteiger partial charge in [0.25, 0.3) is 5.91 Å². The fourth-order valence-corrected chi connectivity index (χ4v) is 3.64. The van der Waals surface area contributed by atoms with Gasteiger partial charge >= 0.3 is 12.0 Å². The number of hydrogen-bond donors (Lipinski definition) is 1. The van der Waals surface area contributed by atoms with Gasteiger partial charge in [0.1, 0.15) is 0 Å². The van der Waals surface area contributed by atoms with Crippen molar-refractivity contribution in [3.63, 3.8) is 0 Å². The van der Waals surface area contributed by atoms with E-state index in [9.17, 15) is 18.0 Å². The molecule has 2 aromatic carbocycles. The molecule has 0 aliphatic rings. The van der Waals surface area contributed by atoms with Crippen molar-refractivity contribution < 1.29 is 27.2 Å². The first-order valence-electron chi connectivity index (χ1n) is 8.90. The van der Waals surface area contributed by atoms with Gasteiger partial charge in [-0.05, 0) is 50.2 Å². The van der Waals surface area contributed by atoms with Crippen molar-refractivity contribution in [2.45, 2.75) is 24.0 Å². The van der Waals surface area contributed by atoms with Crippen LogP contribution in [0.15, 0.2) is 57.8 Å². The number of rotatable bonds is 6. The fourth-order valence-electron chi connectivity index (χ4n) is 2.58. The van der Waals surface area contributed by atoms with Crippen molar-refractivity contribution in [1.29, 1.82) is 0 Å². The number of nitrogens with zero attached hydrogens (tertiary/aromatic N) is 2. The number of ether oxygens (including phenoxy) is 1. The number of methoxy groups -OCH3 is 1. The molecule has 3 aromatic rings. The number of benzene rings is 2. The molecule has 0 fully saturated rings. The Kier molecular flexibility index (Phi) is 5.97. The van der Waals surface area contributed by atoms with E-state index in [4.69, 9.17) is 4.42 Å². The fraction of sp³-hybridized carbons (Fsp3) is 0.200. The van der Waals surface area contributed by atoms with Crippen LogP contribution in [0.5, 0.6) is 0 Å². The Bertz CT molecular complexity index is 1180. The number of hydrogen-bond acceptors (Lipinski definition) is 8. The first kappa shape index (κ1) is 21.2. The topological polar surface area (TPSA) is 128 Å². The molecule has 9 nitrogen and oxygen atoms in total. The molecule has 0 aliphatic heterocycles. The number of anilines is 1. The largest absolute Gasteiger partial charge is 0.465 e. The van der Waals surface area contributed by atoms with E-state index in [0.29, 0.717) is 5.56 Å². The molecule has 1 aromatic heterocycles. The Morgan fingerprint density at radius 3 is 2.23 bits per heavy atom. The highest BCUT2D eigenvalue weighted by Gasteiger charge is 2.21. The van der Waals surface area contributed by atoms with Gasteiger partial charge < -0.3 is 9.15 Å². The quantitative estimate of drug-likeness (QED) is 0.592. The van der Waals surface area contributed by atoms with E-state index < -0.39 is 27.0 Å². The maximum Gasteiger partial charge on any atom is 0.338 e. The molecule has 30 heavy (non-hydrogen) atoms. The van der Waals surface area contributed by atoms with Crippen molar-refractivity contribution >= 4 is 27.7 Å². The van der Waals surface area contributed by atoms with E-state index in [1.165, 1.54) is 31.4 Å². The molecular weight excluding hydrogens is 410 g/mol. The predicted molar refractivity (Wildman–Crippen MR) is 108 cm³/mol. The van der Waals surface area contributed by atoms with Gasteiger partial charge in [-0.25, -0.2) is 13.2 Å². The van der Waals surface area contributed by atoms with Crippen LogP contribution in [0.4, 0.5) is 6.01 Å². The summed E-state index contributed by atoms with van der Waals surface area (Å²) >= 11 is 0. The standard InChI is InChI=1S/C20H19N3O6S/c1-12(2)30(26,27)14-10-8-13(9-11-14)18-22-23-20(29-18)21-17(24)15-6-4-5-7-16(15)19(25)28-3/h4-12H,1-3H3,(H,21,23,24). The highest BCUT2D eigenvalue weighted by molar-refractivity contribution is 7.92. The van der Waals surface area contributed by atoms with Gasteiger partial charge in [0.05, 0.1) is 28.4 Å². The summed E-state index contributed by atoms with van der Waals surface area (Å²) in [5, 5.41) is 9.53. The summed E-state index contributed by atoms with van der Waals surface area (Å²) in [6.45, 7) is 3.21. The molecule has 1 N–H and O–H groups in total. The third kappa shape index (κ3) is 4.23. The van der Waals surface area contributed by atoms with Crippen LogP contribution in [0, 0.1) is 0 Å². The third-order valence-electron chi connectivity index (χ3n) is 4.27. The van der Waals surface area contributed by atoms with Crippen LogP contribution in [0.1, 0.15) is 34.6 Å². The second-order valence-electron chi connectivity index (χ2n) is 6.52. The zero-order valence-electron chi connectivity index (χ0n) is 16.4. The average Bonchev–Trinajstić information content (AvgIpc) is 3.21. The number of carbonyl (C=O) groups excluding carboxylic acids is 2. The summed E-state index contributed by atoms with van der Waals surface area (Å²) in [5.74, 6) is -1.17. The van der Waals surface area contributed by atoms with E-state index in [2.05, 4.69) is 20.3 Å². The van der Waals surface area contributed by atoms with Crippen molar-refractivity contribution in [3.05, 3.63) is 59.7 Å². The van der Waals surface area contributed by atoms with Crippen molar-refractivity contribution in [2.24, 2.45) is 0 Å². The minimum atomic E-state index is -3.39. The molecule has 156 valence electrons. The molecule has 10 heteroatoms. The van der Waals surface area contributed by atoms with E-state index in [1.54, 1.807) is 38.1 Å². The lowest BCUT2D eigenvalue weighted by molar-refractivity contribution is 0.0597. The van der Waals surface area contributed by atoms with E-state index >= 15 is 0 Å². The Labute approximate surface area is 173 Å². The van der Waals surface area contributed by atoms with Gasteiger partial charge in [-0.15, -0.1) is 5.10 Å². The summed E-state index contributed by atoms with van der Waals surface area (Å²) in [4.78, 5) is 24.5. The number of amides is 1. The van der Waals surface area contributed by atoms with Crippen molar-refractivity contribution in [2.75, 3.05) is 12.4 Å². The molecule has 0 saturated carbocycles. The van der Waals surface area contributed by atoms with Gasteiger partial charge in [0.15, 0.2) is 9.84 Å². The van der Waals surface area contributed by atoms with Crippen LogP contribution < -0.4 is 5.32 Å². The second kappa shape index (κ2) is 8.46. The van der Waals surface area contributed by atoms with Crippen LogP contribution in [0.3, 0.4) is 0 Å². The summed E-state index contributed by atoms with van der Waals surface area (Å²) in [5.41, 5.74) is 0.673. The molecule has 3 rings (SSSR count). The van der Waals surface area contributed by atoms with Gasteiger partial charge in [-0.1, -0.05) is 17.2 Å². The number of aromatic nitrogens is 2. The average molecular weight is 429 g/mol. The van der Waals surface area contributed by atoms with Gasteiger partial charge in [0.2, 0.25) is 5.89 Å². The van der Waals surface area contributed by atoms with Crippen LogP contribution in [0.25, 0.3) is 11.5 Å². The number of carbonyl (C=O) groups is 2. The minimum absolute atomic E-state index is 0.0901. The van der Waals surface area contributed by atoms with Crippen LogP contribution in [0.2, 0.25) is 0 Å². The number of esters is 1. The highest BCUT2D eigenvalue weighted by atomic mass is 32.2. The lowest BCUT2D eigenvalue weighted by Crippen LogP contribution is -2.17. The number of nitrogens with one attached hydrogen (secondary N) is 1. The van der Waals surface area contributed by atoms with Crippen LogP contribution in [-0.2, 0) is 14.6 Å². The zero-order chi connectivity index (χ0) is 21.9. The molecule has 0 spiro atoms. The third-order valence-corrected chi connectivity index (χ3v) is 6.44. The molecule has 0 bridgehead atoms. The lowest BCUT2D eigenvalue weighted by atomic mass is 10.1. The van der Waals surface area contributed by atoms with Gasteiger partial charge in [0, 0.05) is 5.56 Å². The molecule has 0 saturated heterocycles. The van der Waals surface area contributed by atoms with Gasteiger partial charge in [-0.3, -0.25) is 10.1 Å². The monoisotopic (exact) mass is 429 g/mol. The summed E-state index contributed by atoms with van der Waals surface area (Å²) in [6, 6.07) is 12.0. The highest BCUT2D eigenvalue weighted by Crippen LogP contribution is 2.24. The Hall–Kier alpha value is -3.53. The summed E-state index contributed by atoms with van der Waals surface area (Å²) in [6.07, 6.45) is 0. The number of sulfone groups is 1. The molecule has 0 atom stereocenters. The van der Waals surface area contributed by atoms with E-state index in [-0.39, 0.29) is 27.9 Å².